The molecule has 0 heterocycles. The summed E-state index contributed by atoms with van der Waals surface area (Å²) in [5.74, 6) is -0.859. The molecule has 0 aliphatic rings. The first kappa shape index (κ1) is 75.4. The van der Waals surface area contributed by atoms with Crippen LogP contribution in [0.15, 0.2) is 48.6 Å². The third-order valence-electron chi connectivity index (χ3n) is 15.6. The van der Waals surface area contributed by atoms with E-state index in [0.29, 0.717) is 19.3 Å². The van der Waals surface area contributed by atoms with E-state index in [2.05, 4.69) is 69.4 Å². The van der Waals surface area contributed by atoms with E-state index in [0.717, 1.165) is 96.3 Å². The molecule has 6 nitrogen and oxygen atoms in total. The molecule has 0 aliphatic heterocycles. The second-order valence-electron chi connectivity index (χ2n) is 23.4. The van der Waals surface area contributed by atoms with Gasteiger partial charge in [-0.25, -0.2) is 0 Å². The molecule has 78 heavy (non-hydrogen) atoms. The molecule has 0 fully saturated rings. The van der Waals surface area contributed by atoms with Crippen LogP contribution in [0.2, 0.25) is 0 Å². The van der Waals surface area contributed by atoms with Crippen LogP contribution in [0.5, 0.6) is 0 Å². The van der Waals surface area contributed by atoms with Crippen LogP contribution in [0, 0.1) is 0 Å². The molecule has 0 aliphatic carbocycles. The number of unbranched alkanes of at least 4 members (excludes halogenated alkanes) is 45. The maximum atomic E-state index is 12.9. The van der Waals surface area contributed by atoms with Gasteiger partial charge < -0.3 is 14.2 Å². The van der Waals surface area contributed by atoms with Crippen molar-refractivity contribution in [3.63, 3.8) is 0 Å². The average molecular weight is 1090 g/mol. The molecule has 0 aromatic carbocycles. The quantitative estimate of drug-likeness (QED) is 0.0261. The molecule has 0 N–H and O–H groups in total. The number of carbonyl (C=O) groups is 3. The Balaban J connectivity index is 4.32. The van der Waals surface area contributed by atoms with Crippen molar-refractivity contribution in [1.82, 2.24) is 0 Å². The highest BCUT2D eigenvalue weighted by Gasteiger charge is 2.19. The van der Waals surface area contributed by atoms with Gasteiger partial charge in [-0.05, 0) is 57.8 Å². The first-order chi connectivity index (χ1) is 38.5. The second kappa shape index (κ2) is 66.9. The number of hydrogen-bond acceptors (Lipinski definition) is 6. The zero-order valence-corrected chi connectivity index (χ0v) is 52.5. The molecule has 0 saturated heterocycles. The van der Waals surface area contributed by atoms with Gasteiger partial charge in [0.15, 0.2) is 6.10 Å². The van der Waals surface area contributed by atoms with E-state index < -0.39 is 6.10 Å². The average Bonchev–Trinajstić information content (AvgIpc) is 3.44. The zero-order valence-electron chi connectivity index (χ0n) is 52.5. The molecular formula is C72H132O6. The van der Waals surface area contributed by atoms with E-state index in [4.69, 9.17) is 14.2 Å². The molecule has 0 aromatic rings. The van der Waals surface area contributed by atoms with Crippen molar-refractivity contribution in [3.8, 4) is 0 Å². The fourth-order valence-electron chi connectivity index (χ4n) is 10.4. The molecule has 0 spiro atoms. The topological polar surface area (TPSA) is 78.9 Å². The SMILES string of the molecule is CC/C=C\C/C=C\C/C=C\C/C=C\CCCCCCCCC(=O)OC(COC(=O)CCCCCCCCCCCCCCCCCCCC)COC(=O)CCCCCCCCCCCCCCCCCCCCCCCCC. The van der Waals surface area contributed by atoms with Gasteiger partial charge in [-0.15, -0.1) is 0 Å². The summed E-state index contributed by atoms with van der Waals surface area (Å²) in [4.78, 5) is 38.4. The van der Waals surface area contributed by atoms with Gasteiger partial charge in [0, 0.05) is 19.3 Å². The summed E-state index contributed by atoms with van der Waals surface area (Å²) in [5, 5.41) is 0. The number of esters is 3. The monoisotopic (exact) mass is 1090 g/mol. The molecule has 0 amide bonds. The number of carbonyl (C=O) groups excluding carboxylic acids is 3. The Hall–Kier alpha value is -2.63. The van der Waals surface area contributed by atoms with Crippen LogP contribution in [-0.4, -0.2) is 37.2 Å². The highest BCUT2D eigenvalue weighted by molar-refractivity contribution is 5.71. The highest BCUT2D eigenvalue weighted by Crippen LogP contribution is 2.18. The van der Waals surface area contributed by atoms with Gasteiger partial charge in [0.25, 0.3) is 0 Å². The van der Waals surface area contributed by atoms with Crippen LogP contribution in [-0.2, 0) is 28.6 Å². The summed E-state index contributed by atoms with van der Waals surface area (Å²) < 4.78 is 17.0. The molecule has 6 heteroatoms. The predicted octanol–water partition coefficient (Wildman–Crippen LogP) is 23.7. The lowest BCUT2D eigenvalue weighted by molar-refractivity contribution is -0.167. The molecule has 0 bridgehead atoms. The van der Waals surface area contributed by atoms with E-state index in [1.165, 1.54) is 238 Å². The van der Waals surface area contributed by atoms with E-state index in [1.54, 1.807) is 0 Å². The normalized spacial score (nSPS) is 12.3. The van der Waals surface area contributed by atoms with Gasteiger partial charge in [-0.1, -0.05) is 345 Å². The summed E-state index contributed by atoms with van der Waals surface area (Å²) in [6.45, 7) is 6.59. The number of allylic oxidation sites excluding steroid dienone is 8. The molecular weight excluding hydrogens is 961 g/mol. The summed E-state index contributed by atoms with van der Waals surface area (Å²) in [5.41, 5.74) is 0. The third-order valence-corrected chi connectivity index (χ3v) is 15.6. The minimum Gasteiger partial charge on any atom is -0.462 e. The Morgan fingerprint density at radius 3 is 0.782 bits per heavy atom. The van der Waals surface area contributed by atoms with Crippen molar-refractivity contribution in [2.75, 3.05) is 13.2 Å². The van der Waals surface area contributed by atoms with Crippen molar-refractivity contribution in [2.24, 2.45) is 0 Å². The number of hydrogen-bond donors (Lipinski definition) is 0. The first-order valence-electron chi connectivity index (χ1n) is 34.6. The van der Waals surface area contributed by atoms with Gasteiger partial charge >= 0.3 is 17.9 Å². The van der Waals surface area contributed by atoms with Gasteiger partial charge in [-0.2, -0.15) is 0 Å². The summed E-state index contributed by atoms with van der Waals surface area (Å²) in [7, 11) is 0. The first-order valence-corrected chi connectivity index (χ1v) is 34.6. The Labute approximate surface area is 486 Å². The highest BCUT2D eigenvalue weighted by atomic mass is 16.6. The predicted molar refractivity (Wildman–Crippen MR) is 339 cm³/mol. The fourth-order valence-corrected chi connectivity index (χ4v) is 10.4. The zero-order chi connectivity index (χ0) is 56.4. The third kappa shape index (κ3) is 64.2. The van der Waals surface area contributed by atoms with Crippen LogP contribution in [0.3, 0.4) is 0 Å². The van der Waals surface area contributed by atoms with E-state index >= 15 is 0 Å². The van der Waals surface area contributed by atoms with Crippen LogP contribution >= 0.6 is 0 Å². The summed E-state index contributed by atoms with van der Waals surface area (Å²) >= 11 is 0. The smallest absolute Gasteiger partial charge is 0.306 e. The lowest BCUT2D eigenvalue weighted by Crippen LogP contribution is -2.30. The molecule has 1 unspecified atom stereocenters. The number of ether oxygens (including phenoxy) is 3. The van der Waals surface area contributed by atoms with Crippen LogP contribution in [0.25, 0.3) is 0 Å². The van der Waals surface area contributed by atoms with Gasteiger partial charge in [0.05, 0.1) is 0 Å². The van der Waals surface area contributed by atoms with Crippen molar-refractivity contribution < 1.29 is 28.6 Å². The molecule has 0 aromatic heterocycles. The molecule has 0 rings (SSSR count). The van der Waals surface area contributed by atoms with Gasteiger partial charge in [0.1, 0.15) is 13.2 Å². The molecule has 0 saturated carbocycles. The van der Waals surface area contributed by atoms with Crippen LogP contribution < -0.4 is 0 Å². The Bertz CT molecular complexity index is 1350. The Morgan fingerprint density at radius 1 is 0.269 bits per heavy atom. The minimum absolute atomic E-state index is 0.0737. The lowest BCUT2D eigenvalue weighted by atomic mass is 10.0. The minimum atomic E-state index is -0.779. The largest absolute Gasteiger partial charge is 0.462 e. The van der Waals surface area contributed by atoms with Crippen molar-refractivity contribution in [3.05, 3.63) is 48.6 Å². The molecule has 0 radical (unpaired) electrons. The molecule has 1 atom stereocenters. The maximum absolute atomic E-state index is 12.9. The lowest BCUT2D eigenvalue weighted by Gasteiger charge is -2.18. The Kier molecular flexibility index (Phi) is 64.6. The Morgan fingerprint density at radius 2 is 0.500 bits per heavy atom. The fraction of sp³-hybridized carbons (Fsp3) is 0.847. The summed E-state index contributed by atoms with van der Waals surface area (Å²) in [6, 6.07) is 0. The van der Waals surface area contributed by atoms with Crippen LogP contribution in [0.1, 0.15) is 374 Å². The van der Waals surface area contributed by atoms with E-state index in [1.807, 2.05) is 0 Å². The van der Waals surface area contributed by atoms with E-state index in [9.17, 15) is 14.4 Å². The van der Waals surface area contributed by atoms with E-state index in [-0.39, 0.29) is 31.1 Å². The van der Waals surface area contributed by atoms with Gasteiger partial charge in [0.2, 0.25) is 0 Å². The standard InChI is InChI=1S/C72H132O6/c1-4-7-10-13-16-19-22-25-28-31-34-35-36-37-39-41-44-47-50-53-56-59-62-65-71(74)77-68-69(67-76-70(73)64-61-58-55-52-49-46-43-40-33-30-27-24-21-18-15-12-9-6-3)78-72(75)66-63-60-57-54-51-48-45-42-38-32-29-26-23-20-17-14-11-8-5-2/h8,11,17,20,26,29,38,42,69H,4-7,9-10,12-16,18-19,21-25,27-28,30-37,39-41,43-68H2,1-3H3/b11-8-,20-17-,29-26-,42-38-. The molecule has 456 valence electrons. The van der Waals surface area contributed by atoms with Gasteiger partial charge in [-0.3, -0.25) is 14.4 Å². The summed E-state index contributed by atoms with van der Waals surface area (Å²) in [6.07, 6.45) is 84.2. The van der Waals surface area contributed by atoms with Crippen LogP contribution in [0.4, 0.5) is 0 Å². The number of rotatable bonds is 64. The van der Waals surface area contributed by atoms with Crippen molar-refractivity contribution in [2.45, 2.75) is 380 Å². The second-order valence-corrected chi connectivity index (χ2v) is 23.4. The maximum Gasteiger partial charge on any atom is 0.306 e. The van der Waals surface area contributed by atoms with Crippen molar-refractivity contribution >= 4 is 17.9 Å². The van der Waals surface area contributed by atoms with Crippen molar-refractivity contribution in [1.29, 1.82) is 0 Å².